The zero-order chi connectivity index (χ0) is 29.1. The Hall–Kier alpha value is -4.96. The zero-order valence-corrected chi connectivity index (χ0v) is 22.8. The van der Waals surface area contributed by atoms with Gasteiger partial charge in [0.15, 0.2) is 11.5 Å². The molecular formula is C30H28ClN7O3. The largest absolute Gasteiger partial charge is 0.364 e. The lowest BCUT2D eigenvalue weighted by molar-refractivity contribution is -0.129. The van der Waals surface area contributed by atoms with Gasteiger partial charge in [-0.2, -0.15) is 0 Å². The Morgan fingerprint density at radius 1 is 1.00 bits per heavy atom. The lowest BCUT2D eigenvalue weighted by atomic mass is 10.0. The first-order chi connectivity index (χ1) is 19.8. The Kier molecular flexibility index (Phi) is 7.84. The van der Waals surface area contributed by atoms with Crippen molar-refractivity contribution in [2.45, 2.75) is 25.3 Å². The van der Waals surface area contributed by atoms with Crippen LogP contribution in [0.25, 0.3) is 22.4 Å². The highest BCUT2D eigenvalue weighted by Crippen LogP contribution is 2.33. The number of pyridine rings is 1. The van der Waals surface area contributed by atoms with Crippen LogP contribution in [0.5, 0.6) is 0 Å². The number of carbonyl (C=O) groups is 3. The van der Waals surface area contributed by atoms with Gasteiger partial charge in [0.05, 0.1) is 6.04 Å². The van der Waals surface area contributed by atoms with E-state index in [0.29, 0.717) is 40.8 Å². The standard InChI is InChI=1S/C30H28ClN7O3/c1-2-25(39)37-16-4-3-5-23(37)29-36-26(27(28(32)40)38(29)33)19-6-8-20(9-7-19)30(41)35-24-17-21(14-15-34-24)18-10-12-22(31)13-11-18/h2,6-15,17,23H,1,3-5,16,33H2,(H2,32,40)(H,34,35,41). The summed E-state index contributed by atoms with van der Waals surface area (Å²) >= 11 is 5.99. The van der Waals surface area contributed by atoms with E-state index in [1.165, 1.54) is 6.08 Å². The van der Waals surface area contributed by atoms with Crippen molar-refractivity contribution in [3.05, 3.63) is 102 Å². The molecule has 0 aliphatic carbocycles. The number of nitrogen functional groups attached to an aromatic ring is 1. The molecule has 2 aromatic heterocycles. The second-order valence-electron chi connectivity index (χ2n) is 9.62. The highest BCUT2D eigenvalue weighted by Gasteiger charge is 2.33. The van der Waals surface area contributed by atoms with Crippen molar-refractivity contribution < 1.29 is 14.4 Å². The highest BCUT2D eigenvalue weighted by molar-refractivity contribution is 6.30. The number of nitrogens with two attached hydrogens (primary N) is 2. The number of nitrogens with one attached hydrogen (secondary N) is 1. The molecule has 0 radical (unpaired) electrons. The molecule has 1 saturated heterocycles. The third kappa shape index (κ3) is 5.68. The quantitative estimate of drug-likeness (QED) is 0.219. The van der Waals surface area contributed by atoms with E-state index in [2.05, 4.69) is 21.9 Å². The van der Waals surface area contributed by atoms with Crippen molar-refractivity contribution in [2.75, 3.05) is 17.7 Å². The molecule has 0 saturated carbocycles. The fraction of sp³-hybridized carbons (Fsp3) is 0.167. The molecule has 3 amide bonds. The second-order valence-corrected chi connectivity index (χ2v) is 10.1. The number of carbonyl (C=O) groups excluding carboxylic acids is 3. The van der Waals surface area contributed by atoms with Gasteiger partial charge in [0, 0.05) is 28.9 Å². The number of nitrogens with zero attached hydrogens (tertiary/aromatic N) is 4. The SMILES string of the molecule is C=CC(=O)N1CCCCC1c1nc(-c2ccc(C(=O)Nc3cc(-c4ccc(Cl)cc4)ccn3)cc2)c(C(N)=O)n1N. The molecule has 1 fully saturated rings. The van der Waals surface area contributed by atoms with Crippen LogP contribution in [0.2, 0.25) is 5.02 Å². The Balaban J connectivity index is 1.39. The number of halogens is 1. The van der Waals surface area contributed by atoms with Crippen molar-refractivity contribution in [1.29, 1.82) is 0 Å². The average molecular weight is 570 g/mol. The Bertz CT molecular complexity index is 1630. The van der Waals surface area contributed by atoms with Crippen LogP contribution in [-0.4, -0.2) is 43.8 Å². The molecule has 0 spiro atoms. The molecule has 4 aromatic rings. The predicted molar refractivity (Wildman–Crippen MR) is 157 cm³/mol. The number of rotatable bonds is 7. The van der Waals surface area contributed by atoms with Gasteiger partial charge in [-0.05, 0) is 72.9 Å². The molecule has 1 unspecified atom stereocenters. The molecule has 1 aliphatic rings. The van der Waals surface area contributed by atoms with E-state index in [9.17, 15) is 14.4 Å². The van der Waals surface area contributed by atoms with E-state index >= 15 is 0 Å². The third-order valence-electron chi connectivity index (χ3n) is 7.03. The van der Waals surface area contributed by atoms with Gasteiger partial charge < -0.3 is 21.8 Å². The number of aromatic nitrogens is 3. The molecule has 1 atom stereocenters. The summed E-state index contributed by atoms with van der Waals surface area (Å²) in [5.41, 5.74) is 8.70. The van der Waals surface area contributed by atoms with Crippen LogP contribution < -0.4 is 16.9 Å². The van der Waals surface area contributed by atoms with Crippen LogP contribution >= 0.6 is 11.6 Å². The molecule has 11 heteroatoms. The van der Waals surface area contributed by atoms with Crippen molar-refractivity contribution >= 4 is 35.1 Å². The number of piperidine rings is 1. The first-order valence-electron chi connectivity index (χ1n) is 13.0. The Morgan fingerprint density at radius 3 is 2.39 bits per heavy atom. The van der Waals surface area contributed by atoms with Gasteiger partial charge in [-0.3, -0.25) is 14.4 Å². The summed E-state index contributed by atoms with van der Waals surface area (Å²) in [6.45, 7) is 4.12. The molecule has 0 bridgehead atoms. The van der Waals surface area contributed by atoms with E-state index in [1.54, 1.807) is 53.6 Å². The van der Waals surface area contributed by atoms with Crippen LogP contribution in [0.15, 0.2) is 79.5 Å². The topological polar surface area (TPSA) is 149 Å². The van der Waals surface area contributed by atoms with Crippen LogP contribution in [0.4, 0.5) is 5.82 Å². The van der Waals surface area contributed by atoms with E-state index in [0.717, 1.165) is 28.6 Å². The van der Waals surface area contributed by atoms with E-state index < -0.39 is 11.9 Å². The zero-order valence-electron chi connectivity index (χ0n) is 22.1. The smallest absolute Gasteiger partial charge is 0.269 e. The minimum Gasteiger partial charge on any atom is -0.364 e. The molecule has 5 rings (SSSR count). The fourth-order valence-electron chi connectivity index (χ4n) is 4.99. The minimum absolute atomic E-state index is 0.0111. The van der Waals surface area contributed by atoms with Crippen LogP contribution in [-0.2, 0) is 4.79 Å². The maximum absolute atomic E-state index is 13.0. The summed E-state index contributed by atoms with van der Waals surface area (Å²) in [6, 6.07) is 17.1. The van der Waals surface area contributed by atoms with E-state index in [-0.39, 0.29) is 23.2 Å². The summed E-state index contributed by atoms with van der Waals surface area (Å²) in [5.74, 6) is 5.71. The first kappa shape index (κ1) is 27.6. The van der Waals surface area contributed by atoms with Gasteiger partial charge in [0.2, 0.25) is 5.91 Å². The molecule has 3 heterocycles. The van der Waals surface area contributed by atoms with Gasteiger partial charge in [-0.1, -0.05) is 42.4 Å². The number of primary amides is 1. The van der Waals surface area contributed by atoms with Gasteiger partial charge in [-0.25, -0.2) is 14.6 Å². The lowest BCUT2D eigenvalue weighted by Gasteiger charge is -2.34. The number of amides is 3. The maximum atomic E-state index is 13.0. The molecule has 41 heavy (non-hydrogen) atoms. The monoisotopic (exact) mass is 569 g/mol. The van der Waals surface area contributed by atoms with Crippen molar-refractivity contribution in [3.63, 3.8) is 0 Å². The van der Waals surface area contributed by atoms with Gasteiger partial charge in [-0.15, -0.1) is 0 Å². The second kappa shape index (κ2) is 11.6. The fourth-order valence-corrected chi connectivity index (χ4v) is 5.12. The summed E-state index contributed by atoms with van der Waals surface area (Å²) in [7, 11) is 0. The van der Waals surface area contributed by atoms with Crippen molar-refractivity contribution in [1.82, 2.24) is 19.5 Å². The van der Waals surface area contributed by atoms with Crippen LogP contribution in [0.3, 0.4) is 0 Å². The molecule has 2 aromatic carbocycles. The number of hydrogen-bond donors (Lipinski definition) is 3. The number of anilines is 1. The molecule has 1 aliphatic heterocycles. The summed E-state index contributed by atoms with van der Waals surface area (Å²) < 4.78 is 1.16. The van der Waals surface area contributed by atoms with Crippen molar-refractivity contribution in [3.8, 4) is 22.4 Å². The molecular weight excluding hydrogens is 542 g/mol. The Labute approximate surface area is 241 Å². The molecule has 10 nitrogen and oxygen atoms in total. The maximum Gasteiger partial charge on any atom is 0.269 e. The van der Waals surface area contributed by atoms with E-state index in [4.69, 9.17) is 23.2 Å². The van der Waals surface area contributed by atoms with Gasteiger partial charge in [0.1, 0.15) is 11.5 Å². The summed E-state index contributed by atoms with van der Waals surface area (Å²) in [6.07, 6.45) is 5.23. The van der Waals surface area contributed by atoms with Crippen molar-refractivity contribution in [2.24, 2.45) is 5.73 Å². The normalized spacial score (nSPS) is 14.9. The number of hydrogen-bond acceptors (Lipinski definition) is 6. The Morgan fingerprint density at radius 2 is 1.71 bits per heavy atom. The van der Waals surface area contributed by atoms with Gasteiger partial charge in [0.25, 0.3) is 11.8 Å². The molecule has 5 N–H and O–H groups in total. The van der Waals surface area contributed by atoms with Crippen LogP contribution in [0, 0.1) is 0 Å². The molecule has 208 valence electrons. The minimum atomic E-state index is -0.757. The highest BCUT2D eigenvalue weighted by atomic mass is 35.5. The number of benzene rings is 2. The van der Waals surface area contributed by atoms with Gasteiger partial charge >= 0.3 is 0 Å². The average Bonchev–Trinajstić information content (AvgIpc) is 3.34. The first-order valence-corrected chi connectivity index (χ1v) is 13.4. The number of imidazole rings is 1. The van der Waals surface area contributed by atoms with Crippen LogP contribution in [0.1, 0.15) is 52.0 Å². The van der Waals surface area contributed by atoms with E-state index in [1.807, 2.05) is 18.2 Å². The predicted octanol–water partition coefficient (Wildman–Crippen LogP) is 4.57. The summed E-state index contributed by atoms with van der Waals surface area (Å²) in [5, 5.41) is 3.45. The summed E-state index contributed by atoms with van der Waals surface area (Å²) in [4.78, 5) is 48.5. The lowest BCUT2D eigenvalue weighted by Crippen LogP contribution is -2.39. The third-order valence-corrected chi connectivity index (χ3v) is 7.28. The number of likely N-dealkylation sites (tertiary alicyclic amines) is 1.